The van der Waals surface area contributed by atoms with Crippen LogP contribution in [0.5, 0.6) is 0 Å². The Morgan fingerprint density at radius 3 is 1.17 bits per heavy atom. The molecular formula is C65H47N. The maximum absolute atomic E-state index is 2.53. The number of hydrogen-bond donors (Lipinski definition) is 0. The Balaban J connectivity index is 0.967. The summed E-state index contributed by atoms with van der Waals surface area (Å²) in [6.07, 6.45) is 0. The van der Waals surface area contributed by atoms with Crippen molar-refractivity contribution in [2.45, 2.75) is 43.9 Å². The van der Waals surface area contributed by atoms with Gasteiger partial charge in [0.1, 0.15) is 0 Å². The van der Waals surface area contributed by atoms with Crippen molar-refractivity contribution in [1.82, 2.24) is 0 Å². The lowest BCUT2D eigenvalue weighted by Gasteiger charge is -2.31. The molecule has 10 aromatic rings. The van der Waals surface area contributed by atoms with E-state index in [1.54, 1.807) is 0 Å². The Morgan fingerprint density at radius 2 is 0.652 bits per heavy atom. The Kier molecular flexibility index (Phi) is 7.51. The van der Waals surface area contributed by atoms with Crippen molar-refractivity contribution in [2.75, 3.05) is 4.90 Å². The van der Waals surface area contributed by atoms with Gasteiger partial charge in [0, 0.05) is 27.6 Å². The third-order valence-electron chi connectivity index (χ3n) is 16.1. The number of nitrogens with zero attached hydrogens (tertiary/aromatic N) is 1. The van der Waals surface area contributed by atoms with Crippen LogP contribution in [0.25, 0.3) is 66.4 Å². The van der Waals surface area contributed by atoms with Gasteiger partial charge in [-0.3, -0.25) is 0 Å². The standard InChI is InChI=1S/C65H47N/c1-63(2)54-24-12-7-18-45(54)50-32-30-41(38-60(50)63)66(42-31-33-51-46-19-8-13-25-55(46)64(3,4)61(51)39-42)62-36-34-43(44-17-5-6-23-52(44)62)40-29-35-59-53(37-40)49-22-11-16-28-58(49)65(59)56-26-14-9-20-47(56)48-21-10-15-27-57(48)65/h5-39H,1-4H3. The molecule has 1 heteroatoms. The van der Waals surface area contributed by atoms with E-state index in [1.165, 1.54) is 117 Å². The Bertz CT molecular complexity index is 3580. The minimum atomic E-state index is -0.359. The van der Waals surface area contributed by atoms with Crippen LogP contribution >= 0.6 is 0 Å². The average molecular weight is 842 g/mol. The lowest BCUT2D eigenvalue weighted by molar-refractivity contribution is 0.660. The molecule has 4 aliphatic rings. The van der Waals surface area contributed by atoms with Crippen LogP contribution in [0.4, 0.5) is 17.1 Å². The van der Waals surface area contributed by atoms with Gasteiger partial charge in [0.2, 0.25) is 0 Å². The summed E-state index contributed by atoms with van der Waals surface area (Å²) < 4.78 is 0. The summed E-state index contributed by atoms with van der Waals surface area (Å²) in [5.74, 6) is 0. The molecule has 0 fully saturated rings. The highest BCUT2D eigenvalue weighted by Gasteiger charge is 2.51. The van der Waals surface area contributed by atoms with Crippen LogP contribution in [-0.2, 0) is 16.2 Å². The molecule has 0 aliphatic heterocycles. The third-order valence-corrected chi connectivity index (χ3v) is 16.1. The Hall–Kier alpha value is -7.74. The van der Waals surface area contributed by atoms with E-state index in [4.69, 9.17) is 0 Å². The second-order valence-corrected chi connectivity index (χ2v) is 20.0. The van der Waals surface area contributed by atoms with Crippen molar-refractivity contribution < 1.29 is 0 Å². The molecule has 0 amide bonds. The SMILES string of the molecule is CC1(C)c2ccccc2-c2ccc(N(c3ccc4c(c3)C(C)(C)c3ccccc3-4)c3ccc(-c4ccc5c(c4)-c4ccccc4C54c5ccccc5-c5ccccc54)c4ccccc34)cc21. The fourth-order valence-electron chi connectivity index (χ4n) is 13.1. The molecule has 0 radical (unpaired) electrons. The van der Waals surface area contributed by atoms with Gasteiger partial charge in [-0.25, -0.2) is 0 Å². The summed E-state index contributed by atoms with van der Waals surface area (Å²) >= 11 is 0. The van der Waals surface area contributed by atoms with E-state index in [1.807, 2.05) is 0 Å². The predicted molar refractivity (Wildman–Crippen MR) is 275 cm³/mol. The minimum absolute atomic E-state index is 0.130. The van der Waals surface area contributed by atoms with E-state index in [9.17, 15) is 0 Å². The van der Waals surface area contributed by atoms with Crippen LogP contribution in [0.3, 0.4) is 0 Å². The van der Waals surface area contributed by atoms with Crippen LogP contribution in [-0.4, -0.2) is 0 Å². The second-order valence-electron chi connectivity index (χ2n) is 20.0. The fraction of sp³-hybridized carbons (Fsp3) is 0.108. The molecule has 0 atom stereocenters. The van der Waals surface area contributed by atoms with E-state index in [0.717, 1.165) is 11.4 Å². The normalized spacial score (nSPS) is 15.3. The summed E-state index contributed by atoms with van der Waals surface area (Å²) in [5, 5.41) is 2.46. The summed E-state index contributed by atoms with van der Waals surface area (Å²) in [5.41, 5.74) is 26.9. The number of rotatable bonds is 4. The van der Waals surface area contributed by atoms with Gasteiger partial charge < -0.3 is 4.90 Å². The van der Waals surface area contributed by atoms with Gasteiger partial charge in [-0.1, -0.05) is 204 Å². The topological polar surface area (TPSA) is 3.24 Å². The van der Waals surface area contributed by atoms with Crippen molar-refractivity contribution in [3.05, 3.63) is 257 Å². The van der Waals surface area contributed by atoms with Crippen LogP contribution in [0.15, 0.2) is 212 Å². The van der Waals surface area contributed by atoms with E-state index >= 15 is 0 Å². The number of benzene rings is 10. The predicted octanol–water partition coefficient (Wildman–Crippen LogP) is 16.9. The first-order chi connectivity index (χ1) is 32.3. The van der Waals surface area contributed by atoms with Gasteiger partial charge in [-0.05, 0) is 142 Å². The molecule has 0 saturated heterocycles. The highest BCUT2D eigenvalue weighted by molar-refractivity contribution is 6.07. The molecule has 10 aromatic carbocycles. The molecule has 66 heavy (non-hydrogen) atoms. The molecule has 0 aromatic heterocycles. The molecule has 0 N–H and O–H groups in total. The van der Waals surface area contributed by atoms with E-state index in [2.05, 4.69) is 245 Å². The van der Waals surface area contributed by atoms with Crippen molar-refractivity contribution >= 4 is 27.8 Å². The maximum atomic E-state index is 2.53. The number of hydrogen-bond acceptors (Lipinski definition) is 1. The fourth-order valence-corrected chi connectivity index (χ4v) is 13.1. The second kappa shape index (κ2) is 13.2. The van der Waals surface area contributed by atoms with Gasteiger partial charge in [-0.15, -0.1) is 0 Å². The molecule has 312 valence electrons. The van der Waals surface area contributed by atoms with Crippen LogP contribution in [0.2, 0.25) is 0 Å². The molecular weight excluding hydrogens is 795 g/mol. The molecule has 14 rings (SSSR count). The van der Waals surface area contributed by atoms with Crippen LogP contribution < -0.4 is 4.90 Å². The number of anilines is 3. The molecule has 1 spiro atoms. The summed E-state index contributed by atoms with van der Waals surface area (Å²) in [6, 6.07) is 80.6. The molecule has 0 unspecified atom stereocenters. The Labute approximate surface area is 387 Å². The van der Waals surface area contributed by atoms with Crippen LogP contribution in [0.1, 0.15) is 72.2 Å². The first kappa shape index (κ1) is 37.6. The quantitative estimate of drug-likeness (QED) is 0.171. The Morgan fingerprint density at radius 1 is 0.273 bits per heavy atom. The lowest BCUT2D eigenvalue weighted by atomic mass is 9.70. The van der Waals surface area contributed by atoms with Gasteiger partial charge >= 0.3 is 0 Å². The van der Waals surface area contributed by atoms with Crippen molar-refractivity contribution in [2.24, 2.45) is 0 Å². The zero-order chi connectivity index (χ0) is 44.1. The first-order valence-electron chi connectivity index (χ1n) is 23.5. The van der Waals surface area contributed by atoms with Gasteiger partial charge in [-0.2, -0.15) is 0 Å². The highest BCUT2D eigenvalue weighted by Crippen LogP contribution is 2.63. The monoisotopic (exact) mass is 841 g/mol. The minimum Gasteiger partial charge on any atom is -0.310 e. The molecule has 0 heterocycles. The van der Waals surface area contributed by atoms with Crippen molar-refractivity contribution in [3.8, 4) is 55.6 Å². The summed E-state index contributed by atoms with van der Waals surface area (Å²) in [7, 11) is 0. The largest absolute Gasteiger partial charge is 0.310 e. The lowest BCUT2D eigenvalue weighted by Crippen LogP contribution is -2.25. The zero-order valence-corrected chi connectivity index (χ0v) is 37.7. The average Bonchev–Trinajstić information content (AvgIpc) is 3.99. The highest BCUT2D eigenvalue weighted by atomic mass is 15.1. The van der Waals surface area contributed by atoms with Crippen LogP contribution in [0, 0.1) is 0 Å². The molecule has 0 bridgehead atoms. The molecule has 0 saturated carbocycles. The van der Waals surface area contributed by atoms with Crippen molar-refractivity contribution in [1.29, 1.82) is 0 Å². The zero-order valence-electron chi connectivity index (χ0n) is 37.7. The van der Waals surface area contributed by atoms with E-state index < -0.39 is 0 Å². The van der Waals surface area contributed by atoms with Gasteiger partial charge in [0.05, 0.1) is 11.1 Å². The van der Waals surface area contributed by atoms with Gasteiger partial charge in [0.25, 0.3) is 0 Å². The van der Waals surface area contributed by atoms with E-state index in [-0.39, 0.29) is 16.2 Å². The third kappa shape index (κ3) is 4.75. The summed E-state index contributed by atoms with van der Waals surface area (Å²) in [6.45, 7) is 9.52. The molecule has 1 nitrogen and oxygen atoms in total. The van der Waals surface area contributed by atoms with E-state index in [0.29, 0.717) is 0 Å². The smallest absolute Gasteiger partial charge is 0.0725 e. The van der Waals surface area contributed by atoms with Gasteiger partial charge in [0.15, 0.2) is 0 Å². The maximum Gasteiger partial charge on any atom is 0.0725 e. The number of fused-ring (bicyclic) bond motifs is 17. The van der Waals surface area contributed by atoms with Crippen molar-refractivity contribution in [3.63, 3.8) is 0 Å². The first-order valence-corrected chi connectivity index (χ1v) is 23.5. The molecule has 4 aliphatic carbocycles. The summed E-state index contributed by atoms with van der Waals surface area (Å²) in [4.78, 5) is 2.53.